The van der Waals surface area contributed by atoms with Gasteiger partial charge in [-0.3, -0.25) is 4.79 Å². The summed E-state index contributed by atoms with van der Waals surface area (Å²) in [6.07, 6.45) is -3.71. The van der Waals surface area contributed by atoms with E-state index >= 15 is 0 Å². The second kappa shape index (κ2) is 7.28. The lowest BCUT2D eigenvalue weighted by Gasteiger charge is -2.29. The van der Waals surface area contributed by atoms with Crippen LogP contribution < -0.4 is 5.32 Å². The van der Waals surface area contributed by atoms with E-state index in [1.54, 1.807) is 0 Å². The predicted molar refractivity (Wildman–Crippen MR) is 74.1 cm³/mol. The van der Waals surface area contributed by atoms with E-state index in [0.717, 1.165) is 12.1 Å². The van der Waals surface area contributed by atoms with Gasteiger partial charge in [-0.25, -0.2) is 4.39 Å². The number of nitrogens with one attached hydrogen (secondary N) is 1. The van der Waals surface area contributed by atoms with Gasteiger partial charge in [0.15, 0.2) is 0 Å². The van der Waals surface area contributed by atoms with E-state index in [1.165, 1.54) is 7.11 Å². The normalized spacial score (nSPS) is 21.9. The number of halogens is 5. The third-order valence-electron chi connectivity index (χ3n) is 3.64. The number of hydrogen-bond donors (Lipinski definition) is 1. The molecule has 2 atom stereocenters. The summed E-state index contributed by atoms with van der Waals surface area (Å²) in [5.41, 5.74) is -0.888. The number of alkyl halides is 3. The maximum absolute atomic E-state index is 13.9. The summed E-state index contributed by atoms with van der Waals surface area (Å²) < 4.78 is 56.1. The number of carbonyl (C=O) groups is 1. The molecule has 1 aromatic rings. The Morgan fingerprint density at radius 2 is 2.05 bits per heavy atom. The zero-order chi connectivity index (χ0) is 15.6. The lowest BCUT2D eigenvalue weighted by atomic mass is 9.88. The van der Waals surface area contributed by atoms with Crippen LogP contribution in [0.2, 0.25) is 0 Å². The number of piperidine rings is 1. The van der Waals surface area contributed by atoms with E-state index < -0.39 is 23.6 Å². The van der Waals surface area contributed by atoms with Crippen LogP contribution in [0.5, 0.6) is 0 Å². The zero-order valence-electron chi connectivity index (χ0n) is 11.7. The van der Waals surface area contributed by atoms with Gasteiger partial charge in [-0.2, -0.15) is 13.2 Å². The molecule has 0 aliphatic carbocycles. The van der Waals surface area contributed by atoms with Crippen molar-refractivity contribution in [3.05, 3.63) is 35.1 Å². The molecular formula is C14H16ClF4NO2. The van der Waals surface area contributed by atoms with Gasteiger partial charge in [-0.15, -0.1) is 12.4 Å². The summed E-state index contributed by atoms with van der Waals surface area (Å²) in [7, 11) is 1.28. The van der Waals surface area contributed by atoms with Gasteiger partial charge in [0.2, 0.25) is 0 Å². The molecule has 124 valence electrons. The first-order valence-electron chi connectivity index (χ1n) is 6.50. The summed E-state index contributed by atoms with van der Waals surface area (Å²) in [5.74, 6) is -1.68. The Bertz CT molecular complexity index is 536. The Kier molecular flexibility index (Phi) is 6.19. The third kappa shape index (κ3) is 4.10. The molecule has 0 bridgehead atoms. The molecule has 8 heteroatoms. The van der Waals surface area contributed by atoms with Crippen LogP contribution in [-0.4, -0.2) is 19.6 Å². The van der Waals surface area contributed by atoms with Crippen LogP contribution in [0, 0.1) is 11.7 Å². The van der Waals surface area contributed by atoms with Crippen molar-refractivity contribution in [3.8, 4) is 0 Å². The fourth-order valence-corrected chi connectivity index (χ4v) is 2.52. The van der Waals surface area contributed by atoms with Gasteiger partial charge in [0.25, 0.3) is 0 Å². The fourth-order valence-electron chi connectivity index (χ4n) is 2.52. The molecule has 0 aromatic heterocycles. The lowest BCUT2D eigenvalue weighted by molar-refractivity contribution is -0.146. The monoisotopic (exact) mass is 341 g/mol. The number of carbonyl (C=O) groups excluding carboxylic acids is 1. The van der Waals surface area contributed by atoms with Gasteiger partial charge in [-0.1, -0.05) is 6.07 Å². The molecule has 1 aromatic carbocycles. The van der Waals surface area contributed by atoms with Gasteiger partial charge in [0.05, 0.1) is 18.6 Å². The van der Waals surface area contributed by atoms with E-state index in [-0.39, 0.29) is 29.9 Å². The minimum absolute atomic E-state index is 0. The summed E-state index contributed by atoms with van der Waals surface area (Å²) in [6.45, 7) is 0.477. The van der Waals surface area contributed by atoms with Crippen LogP contribution in [-0.2, 0) is 15.7 Å². The average Bonchev–Trinajstić information content (AvgIpc) is 2.45. The molecule has 3 nitrogen and oxygen atoms in total. The Balaban J connectivity index is 0.00000242. The van der Waals surface area contributed by atoms with Crippen molar-refractivity contribution in [2.75, 3.05) is 13.7 Å². The van der Waals surface area contributed by atoms with Crippen molar-refractivity contribution >= 4 is 18.4 Å². The van der Waals surface area contributed by atoms with Crippen molar-refractivity contribution in [2.24, 2.45) is 5.92 Å². The molecular weight excluding hydrogens is 326 g/mol. The molecule has 1 heterocycles. The number of hydrogen-bond acceptors (Lipinski definition) is 3. The molecule has 2 rings (SSSR count). The molecule has 0 saturated carbocycles. The van der Waals surface area contributed by atoms with Crippen LogP contribution in [0.4, 0.5) is 17.6 Å². The van der Waals surface area contributed by atoms with Crippen LogP contribution >= 0.6 is 12.4 Å². The van der Waals surface area contributed by atoms with Crippen molar-refractivity contribution in [2.45, 2.75) is 25.1 Å². The number of methoxy groups -OCH3 is 1. The van der Waals surface area contributed by atoms with Crippen LogP contribution in [0.15, 0.2) is 18.2 Å². The lowest BCUT2D eigenvalue weighted by Crippen LogP contribution is -2.35. The number of ether oxygens (including phenoxy) is 1. The van der Waals surface area contributed by atoms with E-state index in [1.807, 2.05) is 0 Å². The molecule has 1 saturated heterocycles. The Morgan fingerprint density at radius 3 is 2.59 bits per heavy atom. The van der Waals surface area contributed by atoms with Crippen molar-refractivity contribution < 1.29 is 27.1 Å². The first-order chi connectivity index (χ1) is 9.82. The Labute approximate surface area is 131 Å². The zero-order valence-corrected chi connectivity index (χ0v) is 12.6. The van der Waals surface area contributed by atoms with Crippen LogP contribution in [0.1, 0.15) is 30.0 Å². The van der Waals surface area contributed by atoms with Gasteiger partial charge in [0, 0.05) is 11.6 Å². The second-order valence-electron chi connectivity index (χ2n) is 4.99. The molecule has 1 aliphatic rings. The first-order valence-corrected chi connectivity index (χ1v) is 6.50. The molecule has 1 N–H and O–H groups in total. The second-order valence-corrected chi connectivity index (χ2v) is 4.99. The van der Waals surface area contributed by atoms with Crippen molar-refractivity contribution in [1.29, 1.82) is 0 Å². The number of esters is 1. The SMILES string of the molecule is COC(=O)C1CCNC(c2ccc(C(F)(F)F)cc2F)C1.Cl. The van der Waals surface area contributed by atoms with E-state index in [9.17, 15) is 22.4 Å². The van der Waals surface area contributed by atoms with Crippen molar-refractivity contribution in [1.82, 2.24) is 5.32 Å². The molecule has 1 aliphatic heterocycles. The molecule has 1 fully saturated rings. The highest BCUT2D eigenvalue weighted by molar-refractivity contribution is 5.85. The van der Waals surface area contributed by atoms with Crippen LogP contribution in [0.3, 0.4) is 0 Å². The smallest absolute Gasteiger partial charge is 0.416 e. The summed E-state index contributed by atoms with van der Waals surface area (Å²) in [4.78, 5) is 11.5. The topological polar surface area (TPSA) is 38.3 Å². The van der Waals surface area contributed by atoms with Gasteiger partial charge >= 0.3 is 12.1 Å². The Morgan fingerprint density at radius 1 is 1.36 bits per heavy atom. The maximum Gasteiger partial charge on any atom is 0.416 e. The predicted octanol–water partition coefficient (Wildman–Crippen LogP) is 3.48. The fraction of sp³-hybridized carbons (Fsp3) is 0.500. The Hall–Kier alpha value is -1.34. The van der Waals surface area contributed by atoms with Gasteiger partial charge < -0.3 is 10.1 Å². The molecule has 0 amide bonds. The molecule has 0 radical (unpaired) electrons. The highest BCUT2D eigenvalue weighted by atomic mass is 35.5. The van der Waals surface area contributed by atoms with Gasteiger partial charge in [-0.05, 0) is 31.5 Å². The maximum atomic E-state index is 13.9. The van der Waals surface area contributed by atoms with E-state index in [4.69, 9.17) is 0 Å². The number of benzene rings is 1. The first kappa shape index (κ1) is 18.7. The molecule has 2 unspecified atom stereocenters. The minimum atomic E-state index is -4.58. The van der Waals surface area contributed by atoms with Crippen LogP contribution in [0.25, 0.3) is 0 Å². The summed E-state index contributed by atoms with van der Waals surface area (Å²) in [5, 5.41) is 3.01. The highest BCUT2D eigenvalue weighted by Crippen LogP contribution is 2.34. The summed E-state index contributed by atoms with van der Waals surface area (Å²) >= 11 is 0. The molecule has 0 spiro atoms. The highest BCUT2D eigenvalue weighted by Gasteiger charge is 2.33. The third-order valence-corrected chi connectivity index (χ3v) is 3.64. The van der Waals surface area contributed by atoms with E-state index in [0.29, 0.717) is 25.5 Å². The van der Waals surface area contributed by atoms with Gasteiger partial charge in [0.1, 0.15) is 5.82 Å². The quantitative estimate of drug-likeness (QED) is 0.661. The average molecular weight is 342 g/mol. The summed E-state index contributed by atoms with van der Waals surface area (Å²) in [6, 6.07) is 1.96. The number of rotatable bonds is 2. The van der Waals surface area contributed by atoms with E-state index in [2.05, 4.69) is 10.1 Å². The van der Waals surface area contributed by atoms with Crippen molar-refractivity contribution in [3.63, 3.8) is 0 Å². The standard InChI is InChI=1S/C14H15F4NO2.ClH/c1-21-13(20)8-4-5-19-12(6-8)10-3-2-9(7-11(10)15)14(16,17)18;/h2-3,7-8,12,19H,4-6H2,1H3;1H. The minimum Gasteiger partial charge on any atom is -0.469 e. The largest absolute Gasteiger partial charge is 0.469 e. The molecule has 22 heavy (non-hydrogen) atoms.